The lowest BCUT2D eigenvalue weighted by molar-refractivity contribution is -0.120. The highest BCUT2D eigenvalue weighted by molar-refractivity contribution is 5.85. The molecule has 0 saturated carbocycles. The van der Waals surface area contributed by atoms with Crippen molar-refractivity contribution in [3.8, 4) is 5.75 Å². The van der Waals surface area contributed by atoms with Gasteiger partial charge in [0.25, 0.3) is 0 Å². The molecule has 3 rings (SSSR count). The normalized spacial score (nSPS) is 18.6. The summed E-state index contributed by atoms with van der Waals surface area (Å²) >= 11 is 0. The fraction of sp³-hybridized carbons (Fsp3) is 0.381. The fourth-order valence-electron chi connectivity index (χ4n) is 3.10. The third-order valence-electron chi connectivity index (χ3n) is 4.78. The van der Waals surface area contributed by atoms with Gasteiger partial charge in [-0.05, 0) is 35.7 Å². The van der Waals surface area contributed by atoms with Crippen molar-refractivity contribution in [2.24, 2.45) is 5.92 Å². The minimum Gasteiger partial charge on any atom is -0.489 e. The Morgan fingerprint density at radius 3 is 2.78 bits per heavy atom. The molecule has 0 radical (unpaired) electrons. The highest BCUT2D eigenvalue weighted by atomic mass is 35.5. The molecule has 1 heterocycles. The van der Waals surface area contributed by atoms with Crippen molar-refractivity contribution in [3.05, 3.63) is 65.2 Å². The standard InChI is InChI=1S/C21H26N2O3.ClH/c1-15-5-2-3-7-17(15)14-26-19-8-4-6-16(9-19)10-21(25)23-12-18-11-22-13-20(18)24;/h2-9,18,20,22,24H,10-14H2,1H3,(H,23,25);1H. The molecule has 0 spiro atoms. The quantitative estimate of drug-likeness (QED) is 0.678. The van der Waals surface area contributed by atoms with Gasteiger partial charge in [-0.3, -0.25) is 4.79 Å². The van der Waals surface area contributed by atoms with Crippen molar-refractivity contribution in [1.82, 2.24) is 10.6 Å². The summed E-state index contributed by atoms with van der Waals surface area (Å²) in [6, 6.07) is 15.8. The van der Waals surface area contributed by atoms with Crippen LogP contribution in [0.3, 0.4) is 0 Å². The van der Waals surface area contributed by atoms with Crippen molar-refractivity contribution in [3.63, 3.8) is 0 Å². The van der Waals surface area contributed by atoms with Crippen molar-refractivity contribution in [1.29, 1.82) is 0 Å². The number of rotatable bonds is 7. The van der Waals surface area contributed by atoms with Crippen LogP contribution in [-0.2, 0) is 17.8 Å². The first-order valence-corrected chi connectivity index (χ1v) is 9.03. The molecule has 1 amide bonds. The van der Waals surface area contributed by atoms with Crippen LogP contribution >= 0.6 is 12.4 Å². The Labute approximate surface area is 166 Å². The van der Waals surface area contributed by atoms with Gasteiger partial charge >= 0.3 is 0 Å². The predicted molar refractivity (Wildman–Crippen MR) is 108 cm³/mol. The summed E-state index contributed by atoms with van der Waals surface area (Å²) < 4.78 is 5.88. The van der Waals surface area contributed by atoms with Gasteiger partial charge in [0.2, 0.25) is 5.91 Å². The maximum atomic E-state index is 12.2. The van der Waals surface area contributed by atoms with Crippen LogP contribution in [0.2, 0.25) is 0 Å². The van der Waals surface area contributed by atoms with Gasteiger partial charge in [-0.1, -0.05) is 36.4 Å². The van der Waals surface area contributed by atoms with Gasteiger partial charge in [-0.2, -0.15) is 0 Å². The number of aliphatic hydroxyl groups is 1. The molecule has 2 aromatic carbocycles. The van der Waals surface area contributed by atoms with Crippen molar-refractivity contribution >= 4 is 18.3 Å². The zero-order valence-electron chi connectivity index (χ0n) is 15.5. The maximum absolute atomic E-state index is 12.2. The molecule has 1 fully saturated rings. The number of benzene rings is 2. The highest BCUT2D eigenvalue weighted by Gasteiger charge is 2.24. The third-order valence-corrected chi connectivity index (χ3v) is 4.78. The minimum absolute atomic E-state index is 0. The lowest BCUT2D eigenvalue weighted by Crippen LogP contribution is -2.35. The lowest BCUT2D eigenvalue weighted by atomic mass is 10.1. The number of carbonyl (C=O) groups excluding carboxylic acids is 1. The molecule has 3 N–H and O–H groups in total. The number of ether oxygens (including phenoxy) is 1. The number of hydrogen-bond donors (Lipinski definition) is 3. The van der Waals surface area contributed by atoms with Crippen LogP contribution in [0.4, 0.5) is 0 Å². The molecule has 146 valence electrons. The predicted octanol–water partition coefficient (Wildman–Crippen LogP) is 2.23. The average molecular weight is 391 g/mol. The second-order valence-corrected chi connectivity index (χ2v) is 6.83. The van der Waals surface area contributed by atoms with Gasteiger partial charge in [0.15, 0.2) is 0 Å². The molecule has 27 heavy (non-hydrogen) atoms. The molecule has 1 aliphatic heterocycles. The van der Waals surface area contributed by atoms with Crippen molar-refractivity contribution < 1.29 is 14.6 Å². The summed E-state index contributed by atoms with van der Waals surface area (Å²) in [5, 5.41) is 15.8. The molecule has 0 aromatic heterocycles. The lowest BCUT2D eigenvalue weighted by Gasteiger charge is -2.14. The molecule has 1 aliphatic rings. The molecular weight excluding hydrogens is 364 g/mol. The highest BCUT2D eigenvalue weighted by Crippen LogP contribution is 2.17. The van der Waals surface area contributed by atoms with Crippen LogP contribution < -0.4 is 15.4 Å². The molecule has 2 atom stereocenters. The smallest absolute Gasteiger partial charge is 0.224 e. The molecule has 0 bridgehead atoms. The van der Waals surface area contributed by atoms with Crippen LogP contribution in [0.15, 0.2) is 48.5 Å². The molecule has 2 aromatic rings. The number of halogens is 1. The molecule has 0 aliphatic carbocycles. The Kier molecular flexibility index (Phi) is 8.10. The van der Waals surface area contributed by atoms with Crippen LogP contribution in [0, 0.1) is 12.8 Å². The second kappa shape index (κ2) is 10.3. The van der Waals surface area contributed by atoms with E-state index in [2.05, 4.69) is 29.7 Å². The number of aliphatic hydroxyl groups excluding tert-OH is 1. The Morgan fingerprint density at radius 2 is 2.04 bits per heavy atom. The van der Waals surface area contributed by atoms with Gasteiger partial charge in [0, 0.05) is 25.6 Å². The molecular formula is C21H27ClN2O3. The number of β-amino-alcohol motifs (C(OH)–C–C–N with tert-alkyl or cyclic N) is 1. The van der Waals surface area contributed by atoms with E-state index in [-0.39, 0.29) is 30.3 Å². The molecule has 1 saturated heterocycles. The van der Waals surface area contributed by atoms with Gasteiger partial charge < -0.3 is 20.5 Å². The number of aryl methyl sites for hydroxylation is 1. The van der Waals surface area contributed by atoms with Crippen LogP contribution in [-0.4, -0.2) is 36.8 Å². The van der Waals surface area contributed by atoms with Gasteiger partial charge in [0.1, 0.15) is 12.4 Å². The molecule has 6 heteroatoms. The molecule has 2 unspecified atom stereocenters. The Bertz CT molecular complexity index is 754. The SMILES string of the molecule is Cc1ccccc1COc1cccc(CC(=O)NCC2CNCC2O)c1.Cl. The van der Waals surface area contributed by atoms with E-state index in [0.717, 1.165) is 23.4 Å². The Morgan fingerprint density at radius 1 is 1.22 bits per heavy atom. The summed E-state index contributed by atoms with van der Waals surface area (Å²) in [4.78, 5) is 12.2. The second-order valence-electron chi connectivity index (χ2n) is 6.83. The van der Waals surface area contributed by atoms with Gasteiger partial charge in [-0.25, -0.2) is 0 Å². The van der Waals surface area contributed by atoms with Crippen molar-refractivity contribution in [2.45, 2.75) is 26.1 Å². The zero-order valence-corrected chi connectivity index (χ0v) is 16.3. The van der Waals surface area contributed by atoms with Crippen LogP contribution in [0.1, 0.15) is 16.7 Å². The van der Waals surface area contributed by atoms with E-state index in [4.69, 9.17) is 4.74 Å². The van der Waals surface area contributed by atoms with E-state index >= 15 is 0 Å². The number of nitrogens with one attached hydrogen (secondary N) is 2. The van der Waals surface area contributed by atoms with E-state index in [0.29, 0.717) is 26.1 Å². The summed E-state index contributed by atoms with van der Waals surface area (Å²) in [7, 11) is 0. The first-order chi connectivity index (χ1) is 12.6. The summed E-state index contributed by atoms with van der Waals surface area (Å²) in [6.45, 7) is 4.41. The van der Waals surface area contributed by atoms with Crippen molar-refractivity contribution in [2.75, 3.05) is 19.6 Å². The third kappa shape index (κ3) is 6.24. The number of hydrogen-bond acceptors (Lipinski definition) is 4. The Balaban J connectivity index is 0.00000261. The van der Waals surface area contributed by atoms with E-state index in [1.54, 1.807) is 0 Å². The first-order valence-electron chi connectivity index (χ1n) is 9.03. The largest absolute Gasteiger partial charge is 0.489 e. The first kappa shape index (κ1) is 21.2. The maximum Gasteiger partial charge on any atom is 0.224 e. The van der Waals surface area contributed by atoms with Crippen LogP contribution in [0.5, 0.6) is 5.75 Å². The summed E-state index contributed by atoms with van der Waals surface area (Å²) in [6.07, 6.45) is -0.0777. The van der Waals surface area contributed by atoms with Gasteiger partial charge in [-0.15, -0.1) is 12.4 Å². The van der Waals surface area contributed by atoms with E-state index in [1.807, 2.05) is 36.4 Å². The average Bonchev–Trinajstić information content (AvgIpc) is 3.05. The van der Waals surface area contributed by atoms with Crippen LogP contribution in [0.25, 0.3) is 0 Å². The summed E-state index contributed by atoms with van der Waals surface area (Å²) in [5.74, 6) is 0.803. The zero-order chi connectivity index (χ0) is 18.4. The summed E-state index contributed by atoms with van der Waals surface area (Å²) in [5.41, 5.74) is 3.26. The fourth-order valence-corrected chi connectivity index (χ4v) is 3.10. The minimum atomic E-state index is -0.381. The van der Waals surface area contributed by atoms with Gasteiger partial charge in [0.05, 0.1) is 12.5 Å². The molecule has 5 nitrogen and oxygen atoms in total. The monoisotopic (exact) mass is 390 g/mol. The number of amides is 1. The topological polar surface area (TPSA) is 70.6 Å². The Hall–Kier alpha value is -2.08. The number of carbonyl (C=O) groups is 1. The van der Waals surface area contributed by atoms with E-state index in [1.165, 1.54) is 5.56 Å². The van der Waals surface area contributed by atoms with E-state index < -0.39 is 0 Å². The van der Waals surface area contributed by atoms with E-state index in [9.17, 15) is 9.90 Å².